The first-order valence-corrected chi connectivity index (χ1v) is 15.0. The quantitative estimate of drug-likeness (QED) is 0.115. The zero-order valence-corrected chi connectivity index (χ0v) is 22.8. The molecule has 0 aliphatic heterocycles. The Morgan fingerprint density at radius 2 is 1.77 bits per heavy atom. The number of fused-ring (bicyclic) bond motifs is 5. The van der Waals surface area contributed by atoms with Crippen molar-refractivity contribution in [3.05, 3.63) is 80.6 Å². The van der Waals surface area contributed by atoms with E-state index < -0.39 is 0 Å². The van der Waals surface area contributed by atoms with Crippen LogP contribution in [0.5, 0.6) is 0 Å². The number of thiophene rings is 1. The molecular formula is C26H21BrN4OS3. The molecule has 0 N–H and O–H groups in total. The maximum Gasteiger partial charge on any atom is 0.198 e. The molecule has 5 nitrogen and oxygen atoms in total. The SMILES string of the molecule is O=C(CSc1nnc2c3c4c(sc3nc(SCc3ccccc3)n12)CCCC4)c1ccc(Br)cc1. The molecule has 9 heteroatoms. The van der Waals surface area contributed by atoms with Gasteiger partial charge in [-0.05, 0) is 48.9 Å². The molecule has 1 aliphatic rings. The molecule has 1 aliphatic carbocycles. The van der Waals surface area contributed by atoms with Gasteiger partial charge in [-0.1, -0.05) is 81.9 Å². The Morgan fingerprint density at radius 3 is 2.60 bits per heavy atom. The number of halogens is 1. The van der Waals surface area contributed by atoms with Crippen molar-refractivity contribution in [2.75, 3.05) is 5.75 Å². The van der Waals surface area contributed by atoms with Gasteiger partial charge >= 0.3 is 0 Å². The van der Waals surface area contributed by atoms with Gasteiger partial charge in [-0.2, -0.15) is 0 Å². The van der Waals surface area contributed by atoms with E-state index in [1.54, 1.807) is 23.1 Å². The molecule has 0 bridgehead atoms. The first-order valence-electron chi connectivity index (χ1n) is 11.4. The summed E-state index contributed by atoms with van der Waals surface area (Å²) in [5.41, 5.74) is 4.19. The standard InChI is InChI=1S/C26H21BrN4OS3/c27-18-12-10-17(11-13-18)20(32)15-34-26-30-29-23-22-19-8-4-5-9-21(19)35-24(22)28-25(31(23)26)33-14-16-6-2-1-3-7-16/h1-3,6-7,10-13H,4-5,8-9,14-15H2. The zero-order chi connectivity index (χ0) is 23.8. The van der Waals surface area contributed by atoms with Crippen molar-refractivity contribution in [2.24, 2.45) is 0 Å². The van der Waals surface area contributed by atoms with Crippen molar-refractivity contribution in [1.82, 2.24) is 19.6 Å². The average molecular weight is 582 g/mol. The third kappa shape index (κ3) is 4.67. The second-order valence-electron chi connectivity index (χ2n) is 8.42. The third-order valence-corrected chi connectivity index (χ3v) is 9.76. The van der Waals surface area contributed by atoms with Gasteiger partial charge in [-0.25, -0.2) is 9.38 Å². The van der Waals surface area contributed by atoms with Crippen molar-refractivity contribution in [3.8, 4) is 0 Å². The van der Waals surface area contributed by atoms with Gasteiger partial charge in [0, 0.05) is 20.7 Å². The number of benzene rings is 2. The number of nitrogens with zero attached hydrogens (tertiary/aromatic N) is 4. The summed E-state index contributed by atoms with van der Waals surface area (Å²) in [6.07, 6.45) is 4.62. The lowest BCUT2D eigenvalue weighted by atomic mass is 9.97. The third-order valence-electron chi connectivity index (χ3n) is 6.11. The normalized spacial score (nSPS) is 13.4. The highest BCUT2D eigenvalue weighted by Crippen LogP contribution is 2.40. The maximum atomic E-state index is 12.8. The van der Waals surface area contributed by atoms with Crippen LogP contribution in [-0.2, 0) is 18.6 Å². The van der Waals surface area contributed by atoms with Crippen LogP contribution in [-0.4, -0.2) is 31.1 Å². The lowest BCUT2D eigenvalue weighted by Gasteiger charge is -2.11. The Hall–Kier alpha value is -2.20. The molecule has 176 valence electrons. The maximum absolute atomic E-state index is 12.8. The molecule has 0 spiro atoms. The van der Waals surface area contributed by atoms with Crippen LogP contribution in [0.4, 0.5) is 0 Å². The number of hydrogen-bond acceptors (Lipinski definition) is 7. The molecular weight excluding hydrogens is 560 g/mol. The number of rotatable bonds is 7. The Morgan fingerprint density at radius 1 is 0.971 bits per heavy atom. The number of thioether (sulfide) groups is 2. The molecule has 0 unspecified atom stereocenters. The second-order valence-corrected chi connectivity index (χ2v) is 12.3. The molecule has 0 amide bonds. The summed E-state index contributed by atoms with van der Waals surface area (Å²) < 4.78 is 3.02. The smallest absolute Gasteiger partial charge is 0.198 e. The molecule has 3 aromatic heterocycles. The minimum absolute atomic E-state index is 0.0692. The van der Waals surface area contributed by atoms with Gasteiger partial charge in [-0.3, -0.25) is 4.79 Å². The van der Waals surface area contributed by atoms with Crippen LogP contribution < -0.4 is 0 Å². The van der Waals surface area contributed by atoms with Crippen LogP contribution in [0.1, 0.15) is 39.2 Å². The van der Waals surface area contributed by atoms with E-state index in [4.69, 9.17) is 4.98 Å². The first kappa shape index (κ1) is 23.2. The Labute approximate surface area is 223 Å². The molecule has 2 aromatic carbocycles. The molecule has 0 saturated carbocycles. The minimum Gasteiger partial charge on any atom is -0.293 e. The Bertz CT molecular complexity index is 1530. The average Bonchev–Trinajstić information content (AvgIpc) is 3.48. The second kappa shape index (κ2) is 10.0. The van der Waals surface area contributed by atoms with Crippen LogP contribution in [0.2, 0.25) is 0 Å². The number of carbonyl (C=O) groups excluding carboxylic acids is 1. The van der Waals surface area contributed by atoms with Gasteiger partial charge in [0.2, 0.25) is 0 Å². The molecule has 0 fully saturated rings. The highest BCUT2D eigenvalue weighted by atomic mass is 79.9. The number of carbonyl (C=O) groups is 1. The predicted octanol–water partition coefficient (Wildman–Crippen LogP) is 7.25. The van der Waals surface area contributed by atoms with E-state index in [9.17, 15) is 4.79 Å². The number of aromatic nitrogens is 4. The lowest BCUT2D eigenvalue weighted by molar-refractivity contribution is 0.102. The molecule has 0 atom stereocenters. The molecule has 6 rings (SSSR count). The van der Waals surface area contributed by atoms with Gasteiger partial charge in [0.15, 0.2) is 21.7 Å². The van der Waals surface area contributed by atoms with Crippen LogP contribution in [0.3, 0.4) is 0 Å². The van der Waals surface area contributed by atoms with Crippen molar-refractivity contribution in [2.45, 2.75) is 41.7 Å². The van der Waals surface area contributed by atoms with E-state index >= 15 is 0 Å². The van der Waals surface area contributed by atoms with Crippen molar-refractivity contribution < 1.29 is 4.79 Å². The minimum atomic E-state index is 0.0692. The van der Waals surface area contributed by atoms with Crippen LogP contribution >= 0.6 is 50.8 Å². The molecule has 0 radical (unpaired) electrons. The van der Waals surface area contributed by atoms with E-state index in [1.807, 2.05) is 30.3 Å². The van der Waals surface area contributed by atoms with Crippen LogP contribution in [0, 0.1) is 0 Å². The monoisotopic (exact) mass is 580 g/mol. The van der Waals surface area contributed by atoms with Gasteiger partial charge < -0.3 is 0 Å². The summed E-state index contributed by atoms with van der Waals surface area (Å²) in [5.74, 6) is 1.17. The van der Waals surface area contributed by atoms with Gasteiger partial charge in [0.1, 0.15) is 4.83 Å². The van der Waals surface area contributed by atoms with E-state index in [0.717, 1.165) is 44.1 Å². The molecule has 3 heterocycles. The molecule has 35 heavy (non-hydrogen) atoms. The highest BCUT2D eigenvalue weighted by Gasteiger charge is 2.24. The summed E-state index contributed by atoms with van der Waals surface area (Å²) in [5, 5.41) is 11.9. The molecule has 5 aromatic rings. The van der Waals surface area contributed by atoms with Gasteiger partial charge in [-0.15, -0.1) is 21.5 Å². The fourth-order valence-electron chi connectivity index (χ4n) is 4.36. The van der Waals surface area contributed by atoms with Crippen molar-refractivity contribution in [1.29, 1.82) is 0 Å². The van der Waals surface area contributed by atoms with Crippen LogP contribution in [0.25, 0.3) is 15.9 Å². The fourth-order valence-corrected chi connectivity index (χ4v) is 7.77. The summed E-state index contributed by atoms with van der Waals surface area (Å²) >= 11 is 8.35. The lowest BCUT2D eigenvalue weighted by Crippen LogP contribution is -2.04. The van der Waals surface area contributed by atoms with E-state index in [1.165, 1.54) is 40.6 Å². The number of ketones is 1. The summed E-state index contributed by atoms with van der Waals surface area (Å²) in [4.78, 5) is 20.4. The largest absolute Gasteiger partial charge is 0.293 e. The Balaban J connectivity index is 1.38. The van der Waals surface area contributed by atoms with E-state index in [0.29, 0.717) is 16.5 Å². The van der Waals surface area contributed by atoms with E-state index in [2.05, 4.69) is 54.8 Å². The summed E-state index contributed by atoms with van der Waals surface area (Å²) in [6.45, 7) is 0. The number of hydrogen-bond donors (Lipinski definition) is 0. The summed E-state index contributed by atoms with van der Waals surface area (Å²) in [6, 6.07) is 17.9. The Kier molecular flexibility index (Phi) is 6.66. The summed E-state index contributed by atoms with van der Waals surface area (Å²) in [7, 11) is 0. The fraction of sp³-hybridized carbons (Fsp3) is 0.231. The van der Waals surface area contributed by atoms with Crippen molar-refractivity contribution >= 4 is 72.4 Å². The van der Waals surface area contributed by atoms with Gasteiger partial charge in [0.25, 0.3) is 0 Å². The topological polar surface area (TPSA) is 60.2 Å². The highest BCUT2D eigenvalue weighted by molar-refractivity contribution is 9.10. The molecule has 0 saturated heterocycles. The predicted molar refractivity (Wildman–Crippen MR) is 148 cm³/mol. The first-order chi connectivity index (χ1) is 17.2. The van der Waals surface area contributed by atoms with Crippen molar-refractivity contribution in [3.63, 3.8) is 0 Å². The number of aryl methyl sites for hydroxylation is 2. The van der Waals surface area contributed by atoms with Crippen LogP contribution in [0.15, 0.2) is 69.4 Å². The number of Topliss-reactive ketones (excluding diaryl/α,β-unsaturated/α-hetero) is 1. The zero-order valence-electron chi connectivity index (χ0n) is 18.7. The van der Waals surface area contributed by atoms with Gasteiger partial charge in [0.05, 0.1) is 11.1 Å². The van der Waals surface area contributed by atoms with E-state index in [-0.39, 0.29) is 5.78 Å².